The molecule has 0 spiro atoms. The Bertz CT molecular complexity index is 1100. The van der Waals surface area contributed by atoms with Crippen LogP contribution >= 0.6 is 0 Å². The van der Waals surface area contributed by atoms with Crippen LogP contribution in [0, 0.1) is 0 Å². The summed E-state index contributed by atoms with van der Waals surface area (Å²) in [6.45, 7) is 25.2. The topological polar surface area (TPSA) is 36.9 Å². The normalized spacial score (nSPS) is 13.9. The summed E-state index contributed by atoms with van der Waals surface area (Å²) in [6, 6.07) is 29.4. The molecule has 0 saturated heterocycles. The van der Waals surface area contributed by atoms with Gasteiger partial charge in [-0.15, -0.1) is 0 Å². The van der Waals surface area contributed by atoms with E-state index in [1.165, 1.54) is 0 Å². The van der Waals surface area contributed by atoms with Gasteiger partial charge in [0.1, 0.15) is 0 Å². The lowest BCUT2D eigenvalue weighted by Gasteiger charge is -2.46. The molecule has 40 heavy (non-hydrogen) atoms. The van der Waals surface area contributed by atoms with Crippen LogP contribution in [0.3, 0.4) is 0 Å². The molecule has 0 radical (unpaired) electrons. The van der Waals surface area contributed by atoms with Crippen LogP contribution in [0.25, 0.3) is 0 Å². The monoisotopic (exact) mass is 578 g/mol. The first-order valence-corrected chi connectivity index (χ1v) is 17.9. The summed E-state index contributed by atoms with van der Waals surface area (Å²) >= 11 is 0. The molecule has 218 valence electrons. The molecule has 0 heterocycles. The van der Waals surface area contributed by atoms with Crippen LogP contribution in [0.15, 0.2) is 84.9 Å². The molecule has 0 unspecified atom stereocenters. The zero-order valence-electron chi connectivity index (χ0n) is 26.7. The van der Waals surface area contributed by atoms with Crippen LogP contribution < -0.4 is 20.7 Å². The van der Waals surface area contributed by atoms with Gasteiger partial charge in [0, 0.05) is 10.4 Å². The Morgan fingerprint density at radius 1 is 0.350 bits per heavy atom. The lowest BCUT2D eigenvalue weighted by Crippen LogP contribution is -2.78. The zero-order chi connectivity index (χ0) is 30.0. The molecule has 0 aliphatic heterocycles. The van der Waals surface area contributed by atoms with Gasteiger partial charge in [-0.1, -0.05) is 84.9 Å². The van der Waals surface area contributed by atoms with Gasteiger partial charge < -0.3 is 17.7 Å². The minimum atomic E-state index is -3.38. The molecular weight excluding hydrogens is 529 g/mol. The lowest BCUT2D eigenvalue weighted by atomic mass is 10.2. The third-order valence-electron chi connectivity index (χ3n) is 5.74. The molecule has 3 aromatic rings. The first kappa shape index (κ1) is 32.4. The van der Waals surface area contributed by atoms with Crippen molar-refractivity contribution < 1.29 is 17.7 Å². The number of hydrogen-bond acceptors (Lipinski definition) is 4. The lowest BCUT2D eigenvalue weighted by molar-refractivity contribution is 0.0260. The van der Waals surface area contributed by atoms with E-state index in [4.69, 9.17) is 17.7 Å². The second-order valence-electron chi connectivity index (χ2n) is 14.4. The van der Waals surface area contributed by atoms with E-state index < -0.39 is 39.5 Å². The van der Waals surface area contributed by atoms with Gasteiger partial charge in [0.05, 0.1) is 22.4 Å². The second kappa shape index (κ2) is 11.7. The molecule has 0 aliphatic carbocycles. The third kappa shape index (κ3) is 8.24. The van der Waals surface area contributed by atoms with Gasteiger partial charge in [0.15, 0.2) is 0 Å². The fraction of sp³-hybridized carbons (Fsp3) is 0.471. The highest BCUT2D eigenvalue weighted by Crippen LogP contribution is 2.28. The van der Waals surface area contributed by atoms with E-state index in [0.29, 0.717) is 0 Å². The summed E-state index contributed by atoms with van der Waals surface area (Å²) < 4.78 is 28.9. The zero-order valence-corrected chi connectivity index (χ0v) is 28.7. The average molecular weight is 579 g/mol. The van der Waals surface area contributed by atoms with E-state index in [1.807, 2.05) is 12.1 Å². The van der Waals surface area contributed by atoms with Crippen LogP contribution in [0.4, 0.5) is 0 Å². The Morgan fingerprint density at radius 2 is 0.575 bits per heavy atom. The summed E-state index contributed by atoms with van der Waals surface area (Å²) in [7, 11) is -6.76. The van der Waals surface area contributed by atoms with Crippen molar-refractivity contribution in [2.75, 3.05) is 0 Å². The average Bonchev–Trinajstić information content (AvgIpc) is 2.81. The largest absolute Gasteiger partial charge is 0.408 e. The smallest absolute Gasteiger partial charge is 0.383 e. The quantitative estimate of drug-likeness (QED) is 0.305. The van der Waals surface area contributed by atoms with Gasteiger partial charge in [0.25, 0.3) is 0 Å². The molecule has 0 N–H and O–H groups in total. The maximum atomic E-state index is 7.23. The molecule has 0 fully saturated rings. The predicted octanol–water partition coefficient (Wildman–Crippen LogP) is 6.06. The summed E-state index contributed by atoms with van der Waals surface area (Å²) in [4.78, 5) is 0. The molecule has 4 nitrogen and oxygen atoms in total. The maximum Gasteiger partial charge on any atom is 0.408 e. The molecule has 0 aliphatic rings. The highest BCUT2D eigenvalue weighted by atomic mass is 28.4. The van der Waals surface area contributed by atoms with Gasteiger partial charge >= 0.3 is 17.1 Å². The van der Waals surface area contributed by atoms with E-state index in [1.54, 1.807) is 0 Å². The minimum absolute atomic E-state index is 0.479. The van der Waals surface area contributed by atoms with Crippen molar-refractivity contribution in [3.63, 3.8) is 0 Å². The number of benzene rings is 3. The van der Waals surface area contributed by atoms with Crippen LogP contribution in [0.5, 0.6) is 0 Å². The first-order chi connectivity index (χ1) is 18.3. The summed E-state index contributed by atoms with van der Waals surface area (Å²) in [5.74, 6) is 0. The van der Waals surface area contributed by atoms with Gasteiger partial charge in [-0.3, -0.25) is 0 Å². The van der Waals surface area contributed by atoms with Crippen LogP contribution in [-0.2, 0) is 17.7 Å². The van der Waals surface area contributed by atoms with Gasteiger partial charge in [-0.25, -0.2) is 0 Å². The Balaban J connectivity index is 2.55. The highest BCUT2D eigenvalue weighted by Gasteiger charge is 2.56. The van der Waals surface area contributed by atoms with Crippen LogP contribution in [0.1, 0.15) is 83.1 Å². The standard InChI is InChI=1S/C34H50O4Si2/c1-31(2,3)35-39(36-32(4,5)6,27-21-15-13-16-22-27)29-25-19-20-26-30(29)40(37-33(7,8)9,38-34(10,11)12)28-23-17-14-18-24-28/h13-26H,1-12H3. The van der Waals surface area contributed by atoms with Gasteiger partial charge in [-0.2, -0.15) is 0 Å². The van der Waals surface area contributed by atoms with Crippen molar-refractivity contribution in [1.82, 2.24) is 0 Å². The van der Waals surface area contributed by atoms with E-state index >= 15 is 0 Å². The number of rotatable bonds is 8. The summed E-state index contributed by atoms with van der Waals surface area (Å²) in [6.07, 6.45) is 0. The van der Waals surface area contributed by atoms with Crippen molar-refractivity contribution in [2.45, 2.75) is 105 Å². The fourth-order valence-electron chi connectivity index (χ4n) is 4.91. The summed E-state index contributed by atoms with van der Waals surface area (Å²) in [5.41, 5.74) is -1.92. The Hall–Kier alpha value is -2.07. The molecule has 3 rings (SSSR count). The van der Waals surface area contributed by atoms with Crippen molar-refractivity contribution >= 4 is 37.9 Å². The van der Waals surface area contributed by atoms with Crippen LogP contribution in [0.2, 0.25) is 0 Å². The van der Waals surface area contributed by atoms with E-state index in [2.05, 4.69) is 156 Å². The molecule has 0 saturated carbocycles. The first-order valence-electron chi connectivity index (χ1n) is 14.3. The fourth-order valence-corrected chi connectivity index (χ4v) is 13.7. The van der Waals surface area contributed by atoms with Crippen molar-refractivity contribution in [3.05, 3.63) is 84.9 Å². The van der Waals surface area contributed by atoms with E-state index in [-0.39, 0.29) is 0 Å². The molecule has 0 bridgehead atoms. The van der Waals surface area contributed by atoms with Crippen molar-refractivity contribution in [1.29, 1.82) is 0 Å². The van der Waals surface area contributed by atoms with Gasteiger partial charge in [0.2, 0.25) is 0 Å². The predicted molar refractivity (Wildman–Crippen MR) is 173 cm³/mol. The van der Waals surface area contributed by atoms with Crippen molar-refractivity contribution in [2.24, 2.45) is 0 Å². The minimum Gasteiger partial charge on any atom is -0.383 e. The molecule has 0 aromatic heterocycles. The molecule has 3 aromatic carbocycles. The number of hydrogen-bond donors (Lipinski definition) is 0. The third-order valence-corrected chi connectivity index (χ3v) is 14.1. The molecule has 0 atom stereocenters. The molecule has 6 heteroatoms. The Morgan fingerprint density at radius 3 is 0.800 bits per heavy atom. The Labute approximate surface area is 245 Å². The van der Waals surface area contributed by atoms with Crippen molar-refractivity contribution in [3.8, 4) is 0 Å². The molecular formula is C34H50O4Si2. The summed E-state index contributed by atoms with van der Waals surface area (Å²) in [5, 5.41) is 4.15. The van der Waals surface area contributed by atoms with Crippen LogP contribution in [-0.4, -0.2) is 39.5 Å². The molecule has 0 amide bonds. The SMILES string of the molecule is CC(C)(C)O[Si](OC(C)(C)C)(c1ccccc1)c1ccccc1[Si](OC(C)(C)C)(OC(C)(C)C)c1ccccc1. The highest BCUT2D eigenvalue weighted by molar-refractivity contribution is 7.01. The maximum absolute atomic E-state index is 7.23. The van der Waals surface area contributed by atoms with E-state index in [9.17, 15) is 0 Å². The van der Waals surface area contributed by atoms with E-state index in [0.717, 1.165) is 20.7 Å². The van der Waals surface area contributed by atoms with Gasteiger partial charge in [-0.05, 0) is 93.5 Å². The Kier molecular flexibility index (Phi) is 9.46. The second-order valence-corrected chi connectivity index (χ2v) is 19.9.